The molecule has 1 amide bonds. The van der Waals surface area contributed by atoms with Gasteiger partial charge in [-0.1, -0.05) is 6.07 Å². The molecule has 9 nitrogen and oxygen atoms in total. The van der Waals surface area contributed by atoms with Crippen molar-refractivity contribution in [2.45, 2.75) is 18.7 Å². The van der Waals surface area contributed by atoms with Crippen molar-refractivity contribution in [3.63, 3.8) is 0 Å². The van der Waals surface area contributed by atoms with Crippen molar-refractivity contribution < 1.29 is 26.7 Å². The number of aromatic nitrogens is 3. The zero-order chi connectivity index (χ0) is 23.9. The molecule has 1 aliphatic heterocycles. The third kappa shape index (κ3) is 4.27. The van der Waals surface area contributed by atoms with Crippen LogP contribution < -0.4 is 4.74 Å². The molecule has 1 aliphatic rings. The van der Waals surface area contributed by atoms with E-state index in [0.717, 1.165) is 39.1 Å². The third-order valence-corrected chi connectivity index (χ3v) is 7.48. The number of rotatable bonds is 5. The third-order valence-electron chi connectivity index (χ3n) is 5.53. The van der Waals surface area contributed by atoms with Crippen LogP contribution in [-0.4, -0.2) is 71.1 Å². The second-order valence-electron chi connectivity index (χ2n) is 7.83. The lowest BCUT2D eigenvalue weighted by atomic mass is 10.2. The predicted molar refractivity (Wildman–Crippen MR) is 115 cm³/mol. The fourth-order valence-corrected chi connectivity index (χ4v) is 5.44. The smallest absolute Gasteiger partial charge is 0.260 e. The van der Waals surface area contributed by atoms with Crippen LogP contribution in [0.3, 0.4) is 0 Å². The van der Waals surface area contributed by atoms with E-state index in [0.29, 0.717) is 11.5 Å². The number of piperazine rings is 1. The van der Waals surface area contributed by atoms with Crippen molar-refractivity contribution in [3.05, 3.63) is 47.2 Å². The first-order valence-electron chi connectivity index (χ1n) is 10.2. The van der Waals surface area contributed by atoms with Gasteiger partial charge in [-0.2, -0.15) is 4.31 Å². The molecular formula is C21H23F2N5O4S. The summed E-state index contributed by atoms with van der Waals surface area (Å²) in [6.07, 6.45) is 0. The Hall–Kier alpha value is -3.12. The Kier molecular flexibility index (Phi) is 6.06. The fourth-order valence-electron chi connectivity index (χ4n) is 3.91. The van der Waals surface area contributed by atoms with Crippen LogP contribution >= 0.6 is 0 Å². The van der Waals surface area contributed by atoms with Gasteiger partial charge in [0.1, 0.15) is 11.6 Å². The number of aryl methyl sites for hydroxylation is 3. The van der Waals surface area contributed by atoms with Gasteiger partial charge in [0.25, 0.3) is 5.91 Å². The number of pyridine rings is 1. The Morgan fingerprint density at radius 3 is 2.39 bits per heavy atom. The highest BCUT2D eigenvalue weighted by molar-refractivity contribution is 7.89. The Bertz CT molecular complexity index is 1310. The maximum absolute atomic E-state index is 14.0. The van der Waals surface area contributed by atoms with E-state index < -0.39 is 26.6 Å². The molecule has 0 N–H and O–H groups in total. The highest BCUT2D eigenvalue weighted by atomic mass is 32.2. The molecule has 3 aromatic rings. The van der Waals surface area contributed by atoms with E-state index in [2.05, 4.69) is 10.1 Å². The molecule has 3 heterocycles. The monoisotopic (exact) mass is 479 g/mol. The van der Waals surface area contributed by atoms with Crippen molar-refractivity contribution in [3.8, 4) is 5.88 Å². The molecule has 1 aromatic carbocycles. The zero-order valence-corrected chi connectivity index (χ0v) is 19.2. The molecule has 176 valence electrons. The standard InChI is InChI=1S/C21H23F2N5O4S/c1-13-11-14(2)24-20-18(13)21(25-26(20)3)32-12-17(29)27-7-9-28(10-8-27)33(30,31)19-15(22)5-4-6-16(19)23/h4-6,11H,7-10,12H2,1-3H3. The lowest BCUT2D eigenvalue weighted by Crippen LogP contribution is -2.51. The summed E-state index contributed by atoms with van der Waals surface area (Å²) in [5.41, 5.74) is 2.41. The van der Waals surface area contributed by atoms with Gasteiger partial charge in [-0.15, -0.1) is 5.10 Å². The number of halogens is 2. The minimum Gasteiger partial charge on any atom is -0.466 e. The minimum atomic E-state index is -4.36. The zero-order valence-electron chi connectivity index (χ0n) is 18.4. The van der Waals surface area contributed by atoms with Crippen molar-refractivity contribution in [2.75, 3.05) is 32.8 Å². The number of hydrogen-bond donors (Lipinski definition) is 0. The van der Waals surface area contributed by atoms with Crippen LogP contribution in [0.5, 0.6) is 5.88 Å². The summed E-state index contributed by atoms with van der Waals surface area (Å²) in [6, 6.07) is 4.79. The molecule has 0 unspecified atom stereocenters. The van der Waals surface area contributed by atoms with Crippen LogP contribution in [0.1, 0.15) is 11.3 Å². The topological polar surface area (TPSA) is 97.6 Å². The molecule has 0 aliphatic carbocycles. The number of sulfonamides is 1. The van der Waals surface area contributed by atoms with Crippen molar-refractivity contribution in [1.29, 1.82) is 0 Å². The van der Waals surface area contributed by atoms with Gasteiger partial charge < -0.3 is 9.64 Å². The van der Waals surface area contributed by atoms with Gasteiger partial charge in [-0.25, -0.2) is 26.9 Å². The summed E-state index contributed by atoms with van der Waals surface area (Å²) < 4.78 is 61.6. The number of carbonyl (C=O) groups excluding carboxylic acids is 1. The SMILES string of the molecule is Cc1cc(C)c2c(OCC(=O)N3CCN(S(=O)(=O)c4c(F)cccc4F)CC3)nn(C)c2n1. The summed E-state index contributed by atoms with van der Waals surface area (Å²) in [6.45, 7) is 3.47. The van der Waals surface area contributed by atoms with Gasteiger partial charge in [0.15, 0.2) is 17.1 Å². The molecule has 4 rings (SSSR count). The van der Waals surface area contributed by atoms with Gasteiger partial charge >= 0.3 is 0 Å². The molecule has 1 saturated heterocycles. The average molecular weight is 480 g/mol. The largest absolute Gasteiger partial charge is 0.466 e. The first-order chi connectivity index (χ1) is 15.6. The van der Waals surface area contributed by atoms with E-state index >= 15 is 0 Å². The highest BCUT2D eigenvalue weighted by Crippen LogP contribution is 2.27. The molecule has 0 bridgehead atoms. The number of ether oxygens (including phenoxy) is 1. The number of benzene rings is 1. The molecule has 0 saturated carbocycles. The summed E-state index contributed by atoms with van der Waals surface area (Å²) >= 11 is 0. The Morgan fingerprint density at radius 2 is 1.76 bits per heavy atom. The number of nitrogens with zero attached hydrogens (tertiary/aromatic N) is 5. The van der Waals surface area contributed by atoms with E-state index in [-0.39, 0.29) is 38.7 Å². The average Bonchev–Trinajstić information content (AvgIpc) is 3.07. The Labute approximate surface area is 189 Å². The summed E-state index contributed by atoms with van der Waals surface area (Å²) in [5.74, 6) is -2.35. The highest BCUT2D eigenvalue weighted by Gasteiger charge is 2.34. The van der Waals surface area contributed by atoms with Gasteiger partial charge in [-0.05, 0) is 37.6 Å². The molecule has 33 heavy (non-hydrogen) atoms. The first kappa shape index (κ1) is 23.1. The minimum absolute atomic E-state index is 0.0697. The maximum Gasteiger partial charge on any atom is 0.260 e. The molecule has 1 fully saturated rings. The molecule has 0 radical (unpaired) electrons. The van der Waals surface area contributed by atoms with Gasteiger partial charge in [0.05, 0.1) is 5.39 Å². The van der Waals surface area contributed by atoms with Crippen molar-refractivity contribution in [1.82, 2.24) is 24.0 Å². The molecule has 2 aromatic heterocycles. The molecule has 0 spiro atoms. The normalized spacial score (nSPS) is 15.2. The second-order valence-corrected chi connectivity index (χ2v) is 9.71. The lowest BCUT2D eigenvalue weighted by Gasteiger charge is -2.34. The molecular weight excluding hydrogens is 456 g/mol. The first-order valence-corrected chi connectivity index (χ1v) is 11.7. The van der Waals surface area contributed by atoms with E-state index in [4.69, 9.17) is 4.74 Å². The van der Waals surface area contributed by atoms with Gasteiger partial charge in [-0.3, -0.25) is 4.79 Å². The van der Waals surface area contributed by atoms with Gasteiger partial charge in [0, 0.05) is 38.9 Å². The van der Waals surface area contributed by atoms with Crippen LogP contribution in [-0.2, 0) is 21.9 Å². The van der Waals surface area contributed by atoms with Crippen LogP contribution in [0.2, 0.25) is 0 Å². The number of hydrogen-bond acceptors (Lipinski definition) is 6. The van der Waals surface area contributed by atoms with Crippen LogP contribution in [0.25, 0.3) is 11.0 Å². The van der Waals surface area contributed by atoms with Crippen molar-refractivity contribution >= 4 is 27.0 Å². The summed E-state index contributed by atoms with van der Waals surface area (Å²) in [7, 11) is -2.63. The number of amides is 1. The summed E-state index contributed by atoms with van der Waals surface area (Å²) in [5, 5.41) is 5.03. The van der Waals surface area contributed by atoms with E-state index in [1.165, 1.54) is 4.90 Å². The number of fused-ring (bicyclic) bond motifs is 1. The second kappa shape index (κ2) is 8.67. The molecule has 12 heteroatoms. The van der Waals surface area contributed by atoms with E-state index in [9.17, 15) is 22.0 Å². The summed E-state index contributed by atoms with van der Waals surface area (Å²) in [4.78, 5) is 17.6. The Morgan fingerprint density at radius 1 is 1.12 bits per heavy atom. The fraction of sp³-hybridized carbons (Fsp3) is 0.381. The van der Waals surface area contributed by atoms with E-state index in [1.54, 1.807) is 11.7 Å². The quantitative estimate of drug-likeness (QED) is 0.553. The number of carbonyl (C=O) groups is 1. The van der Waals surface area contributed by atoms with Crippen molar-refractivity contribution in [2.24, 2.45) is 7.05 Å². The maximum atomic E-state index is 14.0. The van der Waals surface area contributed by atoms with Crippen LogP contribution in [0, 0.1) is 25.5 Å². The van der Waals surface area contributed by atoms with Crippen LogP contribution in [0.15, 0.2) is 29.2 Å². The van der Waals surface area contributed by atoms with E-state index in [1.807, 2.05) is 19.9 Å². The van der Waals surface area contributed by atoms with Gasteiger partial charge in [0.2, 0.25) is 15.9 Å². The lowest BCUT2D eigenvalue weighted by molar-refractivity contribution is -0.134. The van der Waals surface area contributed by atoms with Crippen LogP contribution in [0.4, 0.5) is 8.78 Å². The predicted octanol–water partition coefficient (Wildman–Crippen LogP) is 1.78. The Balaban J connectivity index is 1.41. The molecule has 0 atom stereocenters.